The lowest BCUT2D eigenvalue weighted by atomic mass is 10.1. The topological polar surface area (TPSA) is 52.6 Å². The first-order valence-electron chi connectivity index (χ1n) is 11.1. The number of hydrogen-bond donors (Lipinski definition) is 0. The van der Waals surface area contributed by atoms with E-state index in [1.807, 2.05) is 0 Å². The number of carbonyl (C=O) groups is 2. The Morgan fingerprint density at radius 3 is 1.32 bits per heavy atom. The Bertz CT molecular complexity index is 504. The first-order valence-corrected chi connectivity index (χ1v) is 11.1. The maximum Gasteiger partial charge on any atom is 0.153 e. The fourth-order valence-electron chi connectivity index (χ4n) is 3.15. The maximum atomic E-state index is 11.4. The van der Waals surface area contributed by atoms with Gasteiger partial charge in [-0.3, -0.25) is 9.59 Å². The molecule has 1 aromatic rings. The van der Waals surface area contributed by atoms with Crippen LogP contribution in [-0.4, -0.2) is 25.8 Å². The molecule has 4 heteroatoms. The monoisotopic (exact) mass is 390 g/mol. The Balaban J connectivity index is 2.48. The molecule has 158 valence electrons. The normalized spacial score (nSPS) is 10.6. The number of aldehydes is 2. The highest BCUT2D eigenvalue weighted by Crippen LogP contribution is 2.28. The van der Waals surface area contributed by atoms with Crippen molar-refractivity contribution in [1.82, 2.24) is 0 Å². The van der Waals surface area contributed by atoms with E-state index in [0.717, 1.165) is 38.3 Å². The van der Waals surface area contributed by atoms with Crippen molar-refractivity contribution in [3.63, 3.8) is 0 Å². The molecule has 1 rings (SSSR count). The summed E-state index contributed by atoms with van der Waals surface area (Å²) in [6.07, 6.45) is 15.7. The molecule has 0 aliphatic heterocycles. The van der Waals surface area contributed by atoms with Gasteiger partial charge in [-0.15, -0.1) is 0 Å². The van der Waals surface area contributed by atoms with E-state index in [2.05, 4.69) is 13.8 Å². The number of ether oxygens (including phenoxy) is 2. The highest BCUT2D eigenvalue weighted by Gasteiger charge is 2.12. The van der Waals surface area contributed by atoms with Crippen LogP contribution in [0.1, 0.15) is 112 Å². The highest BCUT2D eigenvalue weighted by molar-refractivity contribution is 5.87. The third kappa shape index (κ3) is 9.91. The zero-order chi connectivity index (χ0) is 20.5. The van der Waals surface area contributed by atoms with Gasteiger partial charge in [0, 0.05) is 0 Å². The van der Waals surface area contributed by atoms with Crippen LogP contribution in [0.3, 0.4) is 0 Å². The summed E-state index contributed by atoms with van der Waals surface area (Å²) in [6.45, 7) is 5.53. The Hall–Kier alpha value is -1.84. The van der Waals surface area contributed by atoms with E-state index in [-0.39, 0.29) is 0 Å². The second kappa shape index (κ2) is 16.1. The van der Waals surface area contributed by atoms with Crippen molar-refractivity contribution in [2.75, 3.05) is 13.2 Å². The molecule has 0 N–H and O–H groups in total. The van der Waals surface area contributed by atoms with Gasteiger partial charge in [0.1, 0.15) is 11.5 Å². The summed E-state index contributed by atoms with van der Waals surface area (Å²) < 4.78 is 11.5. The largest absolute Gasteiger partial charge is 0.493 e. The molecule has 0 aliphatic rings. The quantitative estimate of drug-likeness (QED) is 0.204. The molecular formula is C24H38O4. The zero-order valence-electron chi connectivity index (χ0n) is 17.8. The molecule has 0 saturated heterocycles. The molecule has 0 aliphatic carbocycles. The van der Waals surface area contributed by atoms with E-state index in [9.17, 15) is 9.59 Å². The molecule has 0 radical (unpaired) electrons. The lowest BCUT2D eigenvalue weighted by molar-refractivity contribution is 0.110. The second-order valence-electron chi connectivity index (χ2n) is 7.40. The number of unbranched alkanes of at least 4 members (excludes halogenated alkanes) is 10. The Labute approximate surface area is 171 Å². The van der Waals surface area contributed by atoms with E-state index in [0.29, 0.717) is 35.8 Å². The number of carbonyl (C=O) groups excluding carboxylic acids is 2. The van der Waals surface area contributed by atoms with Crippen LogP contribution in [0.25, 0.3) is 0 Å². The van der Waals surface area contributed by atoms with Crippen molar-refractivity contribution in [3.8, 4) is 11.5 Å². The molecule has 1 aromatic carbocycles. The summed E-state index contributed by atoms with van der Waals surface area (Å²) in [5.74, 6) is 0.940. The van der Waals surface area contributed by atoms with Crippen LogP contribution in [0.5, 0.6) is 11.5 Å². The summed E-state index contributed by atoms with van der Waals surface area (Å²) in [4.78, 5) is 22.9. The van der Waals surface area contributed by atoms with Gasteiger partial charge < -0.3 is 9.47 Å². The number of benzene rings is 1. The summed E-state index contributed by atoms with van der Waals surface area (Å²) in [6, 6.07) is 3.26. The molecule has 0 heterocycles. The summed E-state index contributed by atoms with van der Waals surface area (Å²) in [5, 5.41) is 0. The van der Waals surface area contributed by atoms with Gasteiger partial charge in [0.05, 0.1) is 24.3 Å². The van der Waals surface area contributed by atoms with Gasteiger partial charge >= 0.3 is 0 Å². The van der Waals surface area contributed by atoms with E-state index in [1.54, 1.807) is 12.1 Å². The molecule has 0 amide bonds. The van der Waals surface area contributed by atoms with Crippen molar-refractivity contribution in [2.24, 2.45) is 0 Å². The van der Waals surface area contributed by atoms with Gasteiger partial charge in [0.25, 0.3) is 0 Å². The van der Waals surface area contributed by atoms with Gasteiger partial charge in [0.15, 0.2) is 12.6 Å². The van der Waals surface area contributed by atoms with E-state index in [1.165, 1.54) is 51.4 Å². The highest BCUT2D eigenvalue weighted by atomic mass is 16.5. The van der Waals surface area contributed by atoms with Crippen LogP contribution >= 0.6 is 0 Å². The van der Waals surface area contributed by atoms with E-state index < -0.39 is 0 Å². The average molecular weight is 391 g/mol. The molecule has 0 spiro atoms. The molecule has 0 fully saturated rings. The predicted molar refractivity (Wildman–Crippen MR) is 115 cm³/mol. The van der Waals surface area contributed by atoms with E-state index in [4.69, 9.17) is 9.47 Å². The average Bonchev–Trinajstić information content (AvgIpc) is 2.72. The Morgan fingerprint density at radius 2 is 0.964 bits per heavy atom. The van der Waals surface area contributed by atoms with Gasteiger partial charge in [-0.2, -0.15) is 0 Å². The van der Waals surface area contributed by atoms with Gasteiger partial charge in [-0.25, -0.2) is 0 Å². The summed E-state index contributed by atoms with van der Waals surface area (Å²) in [5.41, 5.74) is 0.879. The minimum atomic E-state index is 0.439. The lowest BCUT2D eigenvalue weighted by Gasteiger charge is -2.13. The fourth-order valence-corrected chi connectivity index (χ4v) is 3.15. The molecule has 0 aromatic heterocycles. The van der Waals surface area contributed by atoms with Crippen LogP contribution in [-0.2, 0) is 0 Å². The third-order valence-electron chi connectivity index (χ3n) is 4.91. The van der Waals surface area contributed by atoms with Crippen LogP contribution < -0.4 is 9.47 Å². The lowest BCUT2D eigenvalue weighted by Crippen LogP contribution is -2.04. The predicted octanol–water partition coefficient (Wildman–Crippen LogP) is 6.79. The van der Waals surface area contributed by atoms with Crippen LogP contribution in [0.4, 0.5) is 0 Å². The van der Waals surface area contributed by atoms with Crippen molar-refractivity contribution in [1.29, 1.82) is 0 Å². The summed E-state index contributed by atoms with van der Waals surface area (Å²) in [7, 11) is 0. The smallest absolute Gasteiger partial charge is 0.153 e. The fraction of sp³-hybridized carbons (Fsp3) is 0.667. The maximum absolute atomic E-state index is 11.4. The first-order chi connectivity index (χ1) is 13.8. The Morgan fingerprint density at radius 1 is 0.607 bits per heavy atom. The molecule has 0 saturated carbocycles. The minimum absolute atomic E-state index is 0.439. The van der Waals surface area contributed by atoms with Crippen molar-refractivity contribution in [3.05, 3.63) is 23.3 Å². The number of hydrogen-bond acceptors (Lipinski definition) is 4. The van der Waals surface area contributed by atoms with E-state index >= 15 is 0 Å². The van der Waals surface area contributed by atoms with Crippen molar-refractivity contribution in [2.45, 2.75) is 90.9 Å². The standard InChI is InChI=1S/C24H38O4/c1-3-5-7-9-11-13-15-27-23-17-22(20-26)24(18-21(23)19-25)28-16-14-12-10-8-6-4-2/h17-20H,3-16H2,1-2H3. The Kier molecular flexibility index (Phi) is 14.0. The van der Waals surface area contributed by atoms with Gasteiger partial charge in [-0.1, -0.05) is 78.1 Å². The zero-order valence-corrected chi connectivity index (χ0v) is 17.8. The van der Waals surface area contributed by atoms with Crippen LogP contribution in [0, 0.1) is 0 Å². The molecule has 28 heavy (non-hydrogen) atoms. The first kappa shape index (κ1) is 24.2. The molecule has 0 unspecified atom stereocenters. The molecule has 0 bridgehead atoms. The molecule has 0 atom stereocenters. The minimum Gasteiger partial charge on any atom is -0.493 e. The van der Waals surface area contributed by atoms with Gasteiger partial charge in [0.2, 0.25) is 0 Å². The van der Waals surface area contributed by atoms with Crippen molar-refractivity contribution < 1.29 is 19.1 Å². The summed E-state index contributed by atoms with van der Waals surface area (Å²) >= 11 is 0. The second-order valence-corrected chi connectivity index (χ2v) is 7.40. The third-order valence-corrected chi connectivity index (χ3v) is 4.91. The van der Waals surface area contributed by atoms with Crippen LogP contribution in [0.15, 0.2) is 12.1 Å². The molecular weight excluding hydrogens is 352 g/mol. The van der Waals surface area contributed by atoms with Crippen molar-refractivity contribution >= 4 is 12.6 Å². The number of rotatable bonds is 18. The molecule has 4 nitrogen and oxygen atoms in total. The van der Waals surface area contributed by atoms with Crippen LogP contribution in [0.2, 0.25) is 0 Å². The van der Waals surface area contributed by atoms with Gasteiger partial charge in [-0.05, 0) is 25.0 Å². The SMILES string of the molecule is CCCCCCCCOc1cc(C=O)c(OCCCCCCCC)cc1C=O.